The zero-order valence-electron chi connectivity index (χ0n) is 27.2. The summed E-state index contributed by atoms with van der Waals surface area (Å²) in [5.74, 6) is -0.218. The van der Waals surface area contributed by atoms with Crippen LogP contribution in [0.1, 0.15) is 33.5 Å². The SMILES string of the molecule is Cc1c(C=CC(=O)N(Cc2ccc(N3CCN(C)CC3)cc2)[C@@H](Cc2ccccc2)C(=O)N2CCc3ccccc3C2)cnn1C. The highest BCUT2D eigenvalue weighted by atomic mass is 16.2. The van der Waals surface area contributed by atoms with E-state index >= 15 is 0 Å². The number of piperazine rings is 1. The lowest BCUT2D eigenvalue weighted by atomic mass is 9.97. The molecule has 1 fully saturated rings. The smallest absolute Gasteiger partial charge is 0.247 e. The fourth-order valence-corrected chi connectivity index (χ4v) is 6.41. The van der Waals surface area contributed by atoms with Crippen LogP contribution < -0.4 is 4.90 Å². The van der Waals surface area contributed by atoms with E-state index in [0.717, 1.165) is 55.0 Å². The number of benzene rings is 3. The van der Waals surface area contributed by atoms with Crippen molar-refractivity contribution < 1.29 is 9.59 Å². The van der Waals surface area contributed by atoms with Crippen molar-refractivity contribution in [3.63, 3.8) is 0 Å². The van der Waals surface area contributed by atoms with Crippen molar-refractivity contribution in [3.05, 3.63) is 125 Å². The molecule has 0 radical (unpaired) electrons. The van der Waals surface area contributed by atoms with E-state index in [-0.39, 0.29) is 11.8 Å². The lowest BCUT2D eigenvalue weighted by Crippen LogP contribution is -2.52. The van der Waals surface area contributed by atoms with Crippen molar-refractivity contribution in [2.24, 2.45) is 7.05 Å². The summed E-state index contributed by atoms with van der Waals surface area (Å²) in [7, 11) is 4.05. The van der Waals surface area contributed by atoms with Crippen LogP contribution >= 0.6 is 0 Å². The van der Waals surface area contributed by atoms with Crippen LogP contribution in [0.3, 0.4) is 0 Å². The molecule has 0 saturated carbocycles. The predicted molar refractivity (Wildman–Crippen MR) is 183 cm³/mol. The first-order valence-corrected chi connectivity index (χ1v) is 16.2. The van der Waals surface area contributed by atoms with Crippen molar-refractivity contribution in [2.75, 3.05) is 44.7 Å². The minimum absolute atomic E-state index is 0.0216. The molecule has 238 valence electrons. The van der Waals surface area contributed by atoms with Gasteiger partial charge >= 0.3 is 0 Å². The number of amides is 2. The summed E-state index contributed by atoms with van der Waals surface area (Å²) in [6.07, 6.45) is 6.41. The maximum atomic E-state index is 14.6. The summed E-state index contributed by atoms with van der Waals surface area (Å²) < 4.78 is 1.79. The minimum Gasteiger partial charge on any atom is -0.369 e. The van der Waals surface area contributed by atoms with Crippen LogP contribution in [0.4, 0.5) is 5.69 Å². The molecule has 3 heterocycles. The molecule has 2 aliphatic rings. The van der Waals surface area contributed by atoms with Gasteiger partial charge in [0.1, 0.15) is 6.04 Å². The van der Waals surface area contributed by atoms with E-state index < -0.39 is 6.04 Å². The fourth-order valence-electron chi connectivity index (χ4n) is 6.41. The van der Waals surface area contributed by atoms with Gasteiger partial charge < -0.3 is 19.6 Å². The number of nitrogens with zero attached hydrogens (tertiary/aromatic N) is 6. The fraction of sp³-hybridized carbons (Fsp3) is 0.342. The molecular formula is C38H44N6O2. The van der Waals surface area contributed by atoms with Gasteiger partial charge in [0.05, 0.1) is 6.20 Å². The molecule has 1 saturated heterocycles. The summed E-state index contributed by atoms with van der Waals surface area (Å²) in [5.41, 5.74) is 7.51. The van der Waals surface area contributed by atoms with Gasteiger partial charge in [0.2, 0.25) is 11.8 Å². The van der Waals surface area contributed by atoms with E-state index in [2.05, 4.69) is 64.4 Å². The molecule has 2 amide bonds. The number of aromatic nitrogens is 2. The van der Waals surface area contributed by atoms with Crippen LogP contribution in [0.25, 0.3) is 6.08 Å². The molecule has 0 spiro atoms. The Morgan fingerprint density at radius 1 is 0.848 bits per heavy atom. The number of carbonyl (C=O) groups excluding carboxylic acids is 2. The Labute approximate surface area is 272 Å². The summed E-state index contributed by atoms with van der Waals surface area (Å²) in [5, 5.41) is 4.33. The summed E-state index contributed by atoms with van der Waals surface area (Å²) in [6, 6.07) is 26.2. The quantitative estimate of drug-likeness (QED) is 0.255. The first-order chi connectivity index (χ1) is 22.4. The average molecular weight is 617 g/mol. The van der Waals surface area contributed by atoms with Crippen molar-refractivity contribution in [1.29, 1.82) is 0 Å². The highest BCUT2D eigenvalue weighted by Gasteiger charge is 2.34. The Kier molecular flexibility index (Phi) is 9.64. The van der Waals surface area contributed by atoms with Gasteiger partial charge in [0.25, 0.3) is 0 Å². The Morgan fingerprint density at radius 3 is 2.24 bits per heavy atom. The molecule has 8 heteroatoms. The molecule has 0 unspecified atom stereocenters. The number of carbonyl (C=O) groups is 2. The van der Waals surface area contributed by atoms with Gasteiger partial charge in [0, 0.05) is 82.3 Å². The van der Waals surface area contributed by atoms with E-state index in [4.69, 9.17) is 0 Å². The predicted octanol–water partition coefficient (Wildman–Crippen LogP) is 4.72. The lowest BCUT2D eigenvalue weighted by Gasteiger charge is -2.37. The molecule has 8 nitrogen and oxygen atoms in total. The number of likely N-dealkylation sites (N-methyl/N-ethyl adjacent to an activating group) is 1. The molecule has 46 heavy (non-hydrogen) atoms. The van der Waals surface area contributed by atoms with Gasteiger partial charge in [-0.3, -0.25) is 14.3 Å². The second-order valence-electron chi connectivity index (χ2n) is 12.5. The maximum Gasteiger partial charge on any atom is 0.247 e. The van der Waals surface area contributed by atoms with Crippen LogP contribution in [0, 0.1) is 6.92 Å². The summed E-state index contributed by atoms with van der Waals surface area (Å²) in [6.45, 7) is 7.55. The molecule has 1 aromatic heterocycles. The Morgan fingerprint density at radius 2 is 1.54 bits per heavy atom. The maximum absolute atomic E-state index is 14.6. The first kappa shape index (κ1) is 31.3. The van der Waals surface area contributed by atoms with Crippen molar-refractivity contribution in [1.82, 2.24) is 24.5 Å². The molecular weight excluding hydrogens is 572 g/mol. The Balaban J connectivity index is 1.32. The molecule has 2 aliphatic heterocycles. The van der Waals surface area contributed by atoms with Crippen LogP contribution in [0.2, 0.25) is 0 Å². The van der Waals surface area contributed by atoms with Gasteiger partial charge in [-0.15, -0.1) is 0 Å². The van der Waals surface area contributed by atoms with E-state index in [1.807, 2.05) is 61.3 Å². The highest BCUT2D eigenvalue weighted by molar-refractivity contribution is 5.96. The number of rotatable bonds is 9. The minimum atomic E-state index is -0.669. The number of anilines is 1. The number of aryl methyl sites for hydroxylation is 1. The van der Waals surface area contributed by atoms with Crippen LogP contribution in [-0.4, -0.2) is 82.1 Å². The van der Waals surface area contributed by atoms with Crippen LogP contribution in [0.5, 0.6) is 0 Å². The molecule has 1 atom stereocenters. The topological polar surface area (TPSA) is 64.9 Å². The third-order valence-corrected chi connectivity index (χ3v) is 9.49. The van der Waals surface area contributed by atoms with E-state index in [1.165, 1.54) is 16.8 Å². The molecule has 0 bridgehead atoms. The van der Waals surface area contributed by atoms with Crippen molar-refractivity contribution >= 4 is 23.6 Å². The monoisotopic (exact) mass is 616 g/mol. The molecule has 0 N–H and O–H groups in total. The van der Waals surface area contributed by atoms with E-state index in [0.29, 0.717) is 26.1 Å². The van der Waals surface area contributed by atoms with Crippen LogP contribution in [-0.2, 0) is 42.6 Å². The van der Waals surface area contributed by atoms with Gasteiger partial charge in [-0.2, -0.15) is 5.10 Å². The van der Waals surface area contributed by atoms with Crippen molar-refractivity contribution in [2.45, 2.75) is 38.9 Å². The average Bonchev–Trinajstić information content (AvgIpc) is 3.42. The third kappa shape index (κ3) is 7.23. The first-order valence-electron chi connectivity index (χ1n) is 16.2. The number of fused-ring (bicyclic) bond motifs is 1. The van der Waals surface area contributed by atoms with Crippen molar-refractivity contribution in [3.8, 4) is 0 Å². The largest absolute Gasteiger partial charge is 0.369 e. The standard InChI is InChI=1S/C38H44N6O2/c1-29-33(26-39-41(29)3)15-18-37(45)44(27-31-13-16-35(17-14-31)42-23-21-40(2)22-24-42)36(25-30-9-5-4-6-10-30)38(46)43-20-19-32-11-7-8-12-34(32)28-43/h4-18,26,36H,19-25,27-28H2,1-3H3/t36-/m0/s1. The lowest BCUT2D eigenvalue weighted by molar-refractivity contribution is -0.144. The zero-order valence-corrected chi connectivity index (χ0v) is 27.2. The summed E-state index contributed by atoms with van der Waals surface area (Å²) in [4.78, 5) is 37.2. The molecule has 3 aromatic carbocycles. The zero-order chi connectivity index (χ0) is 32.0. The molecule has 6 rings (SSSR count). The van der Waals surface area contributed by atoms with Gasteiger partial charge in [-0.25, -0.2) is 0 Å². The molecule has 4 aromatic rings. The third-order valence-electron chi connectivity index (χ3n) is 9.49. The normalized spacial score (nSPS) is 16.0. The number of hydrogen-bond donors (Lipinski definition) is 0. The second-order valence-corrected chi connectivity index (χ2v) is 12.5. The van der Waals surface area contributed by atoms with Gasteiger partial charge in [0.15, 0.2) is 0 Å². The van der Waals surface area contributed by atoms with Gasteiger partial charge in [-0.05, 0) is 60.9 Å². The Hall–Kier alpha value is -4.69. The van der Waals surface area contributed by atoms with Crippen LogP contribution in [0.15, 0.2) is 91.1 Å². The Bertz CT molecular complexity index is 1670. The van der Waals surface area contributed by atoms with E-state index in [9.17, 15) is 9.59 Å². The highest BCUT2D eigenvalue weighted by Crippen LogP contribution is 2.24. The second kappa shape index (κ2) is 14.2. The summed E-state index contributed by atoms with van der Waals surface area (Å²) >= 11 is 0. The van der Waals surface area contributed by atoms with E-state index in [1.54, 1.807) is 21.9 Å². The molecule has 0 aliphatic carbocycles. The number of hydrogen-bond acceptors (Lipinski definition) is 5. The van der Waals surface area contributed by atoms with Gasteiger partial charge in [-0.1, -0.05) is 66.7 Å².